The Morgan fingerprint density at radius 3 is 2.37 bits per heavy atom. The lowest BCUT2D eigenvalue weighted by Gasteiger charge is -2.13. The van der Waals surface area contributed by atoms with E-state index in [9.17, 15) is 5.11 Å². The minimum Gasteiger partial charge on any atom is -0.494 e. The highest BCUT2D eigenvalue weighted by Gasteiger charge is 2.08. The van der Waals surface area contributed by atoms with E-state index in [1.54, 1.807) is 0 Å². The van der Waals surface area contributed by atoms with Crippen LogP contribution < -0.4 is 4.74 Å². The second-order valence-corrected chi connectivity index (χ2v) is 5.19. The van der Waals surface area contributed by atoms with Gasteiger partial charge in [-0.25, -0.2) is 0 Å². The molecule has 19 heavy (non-hydrogen) atoms. The van der Waals surface area contributed by atoms with Gasteiger partial charge in [0.05, 0.1) is 13.2 Å². The molecule has 0 saturated heterocycles. The van der Waals surface area contributed by atoms with Crippen molar-refractivity contribution in [3.63, 3.8) is 0 Å². The molecule has 1 aromatic rings. The molecule has 0 aliphatic heterocycles. The highest BCUT2D eigenvalue weighted by atomic mass is 16.5. The molecule has 0 heterocycles. The van der Waals surface area contributed by atoms with Crippen LogP contribution in [-0.4, -0.2) is 24.9 Å². The van der Waals surface area contributed by atoms with E-state index in [-0.39, 0.29) is 0 Å². The number of hydrogen-bond donors (Lipinski definition) is 1. The zero-order valence-electron chi connectivity index (χ0n) is 12.3. The molecule has 0 fully saturated rings. The van der Waals surface area contributed by atoms with Crippen LogP contribution in [0.25, 0.3) is 0 Å². The van der Waals surface area contributed by atoms with Crippen LogP contribution in [0.1, 0.15) is 45.3 Å². The first-order valence-corrected chi connectivity index (χ1v) is 7.12. The molecular formula is C16H26O3. The predicted molar refractivity (Wildman–Crippen MR) is 77.5 cm³/mol. The van der Waals surface area contributed by atoms with Gasteiger partial charge in [0.25, 0.3) is 0 Å². The lowest BCUT2D eigenvalue weighted by Crippen LogP contribution is -2.09. The summed E-state index contributed by atoms with van der Waals surface area (Å²) < 4.78 is 11.0. The zero-order chi connectivity index (χ0) is 14.1. The summed E-state index contributed by atoms with van der Waals surface area (Å²) in [5, 5.41) is 9.99. The van der Waals surface area contributed by atoms with Crippen molar-refractivity contribution in [3.8, 4) is 5.75 Å². The van der Waals surface area contributed by atoms with Gasteiger partial charge in [-0.2, -0.15) is 0 Å². The maximum absolute atomic E-state index is 9.99. The lowest BCUT2D eigenvalue weighted by molar-refractivity contribution is 0.0319. The predicted octanol–water partition coefficient (Wildman–Crippen LogP) is 3.57. The number of ether oxygens (including phenoxy) is 2. The highest BCUT2D eigenvalue weighted by Crippen LogP contribution is 2.18. The standard InChI is InChI=1S/C16H26O3/c1-4-10-19-15-7-5-14(6-8-15)16(17)12-18-11-9-13(2)3/h5-8,13,16-17H,4,9-12H2,1-3H3. The molecule has 0 radical (unpaired) electrons. The summed E-state index contributed by atoms with van der Waals surface area (Å²) >= 11 is 0. The third-order valence-corrected chi connectivity index (χ3v) is 2.85. The number of aliphatic hydroxyl groups is 1. The SMILES string of the molecule is CCCOc1ccc(C(O)COCCC(C)C)cc1. The maximum atomic E-state index is 9.99. The van der Waals surface area contributed by atoms with Crippen LogP contribution in [-0.2, 0) is 4.74 Å². The Kier molecular flexibility index (Phi) is 7.53. The molecule has 0 saturated carbocycles. The van der Waals surface area contributed by atoms with Gasteiger partial charge in [-0.05, 0) is 36.5 Å². The third kappa shape index (κ3) is 6.60. The number of rotatable bonds is 9. The lowest BCUT2D eigenvalue weighted by atomic mass is 10.1. The average molecular weight is 266 g/mol. The fraction of sp³-hybridized carbons (Fsp3) is 0.625. The van der Waals surface area contributed by atoms with Gasteiger partial charge in [0.15, 0.2) is 0 Å². The molecular weight excluding hydrogens is 240 g/mol. The molecule has 0 aromatic heterocycles. The van der Waals surface area contributed by atoms with E-state index in [1.165, 1.54) is 0 Å². The summed E-state index contributed by atoms with van der Waals surface area (Å²) in [7, 11) is 0. The van der Waals surface area contributed by atoms with Crippen molar-refractivity contribution in [2.24, 2.45) is 5.92 Å². The van der Waals surface area contributed by atoms with Crippen molar-refractivity contribution in [3.05, 3.63) is 29.8 Å². The van der Waals surface area contributed by atoms with E-state index < -0.39 is 6.10 Å². The molecule has 0 amide bonds. The van der Waals surface area contributed by atoms with Crippen molar-refractivity contribution in [1.29, 1.82) is 0 Å². The maximum Gasteiger partial charge on any atom is 0.119 e. The van der Waals surface area contributed by atoms with Crippen molar-refractivity contribution in [2.75, 3.05) is 19.8 Å². The molecule has 1 aromatic carbocycles. The smallest absolute Gasteiger partial charge is 0.119 e. The van der Waals surface area contributed by atoms with Crippen LogP contribution in [0.3, 0.4) is 0 Å². The zero-order valence-corrected chi connectivity index (χ0v) is 12.3. The van der Waals surface area contributed by atoms with Crippen molar-refractivity contribution in [2.45, 2.75) is 39.7 Å². The van der Waals surface area contributed by atoms with E-state index in [0.717, 1.165) is 30.8 Å². The molecule has 0 spiro atoms. The van der Waals surface area contributed by atoms with Gasteiger partial charge in [0, 0.05) is 6.61 Å². The number of hydrogen-bond acceptors (Lipinski definition) is 3. The topological polar surface area (TPSA) is 38.7 Å². The normalized spacial score (nSPS) is 12.7. The third-order valence-electron chi connectivity index (χ3n) is 2.85. The minimum atomic E-state index is -0.563. The van der Waals surface area contributed by atoms with Crippen molar-refractivity contribution >= 4 is 0 Å². The van der Waals surface area contributed by atoms with Crippen LogP contribution in [0.15, 0.2) is 24.3 Å². The molecule has 3 heteroatoms. The molecule has 1 atom stereocenters. The Morgan fingerprint density at radius 1 is 1.11 bits per heavy atom. The van der Waals surface area contributed by atoms with Crippen LogP contribution in [0.5, 0.6) is 5.75 Å². The summed E-state index contributed by atoms with van der Waals surface area (Å²) in [5.74, 6) is 1.48. The molecule has 1 N–H and O–H groups in total. The average Bonchev–Trinajstić information content (AvgIpc) is 2.41. The summed E-state index contributed by atoms with van der Waals surface area (Å²) in [6, 6.07) is 7.56. The molecule has 0 aliphatic carbocycles. The van der Waals surface area contributed by atoms with Gasteiger partial charge in [0.2, 0.25) is 0 Å². The van der Waals surface area contributed by atoms with Crippen LogP contribution in [0.4, 0.5) is 0 Å². The van der Waals surface area contributed by atoms with Gasteiger partial charge < -0.3 is 14.6 Å². The first-order chi connectivity index (χ1) is 9.13. The highest BCUT2D eigenvalue weighted by molar-refractivity contribution is 5.28. The van der Waals surface area contributed by atoms with Gasteiger partial charge >= 0.3 is 0 Å². The van der Waals surface area contributed by atoms with E-state index >= 15 is 0 Å². The fourth-order valence-corrected chi connectivity index (χ4v) is 1.62. The first-order valence-electron chi connectivity index (χ1n) is 7.12. The number of aliphatic hydroxyl groups excluding tert-OH is 1. The van der Waals surface area contributed by atoms with E-state index in [1.807, 2.05) is 24.3 Å². The quantitative estimate of drug-likeness (QED) is 0.694. The molecule has 108 valence electrons. The van der Waals surface area contributed by atoms with Gasteiger partial charge in [-0.15, -0.1) is 0 Å². The monoisotopic (exact) mass is 266 g/mol. The van der Waals surface area contributed by atoms with Crippen LogP contribution in [0, 0.1) is 5.92 Å². The summed E-state index contributed by atoms with van der Waals surface area (Å²) in [5.41, 5.74) is 0.869. The first kappa shape index (κ1) is 16.0. The Labute approximate surface area is 116 Å². The van der Waals surface area contributed by atoms with Gasteiger partial charge in [-0.1, -0.05) is 32.9 Å². The van der Waals surface area contributed by atoms with Crippen LogP contribution in [0.2, 0.25) is 0 Å². The Morgan fingerprint density at radius 2 is 1.79 bits per heavy atom. The second-order valence-electron chi connectivity index (χ2n) is 5.19. The molecule has 1 rings (SSSR count). The summed E-state index contributed by atoms with van der Waals surface area (Å²) in [6.45, 7) is 8.17. The van der Waals surface area contributed by atoms with E-state index in [4.69, 9.17) is 9.47 Å². The molecule has 1 unspecified atom stereocenters. The van der Waals surface area contributed by atoms with Crippen LogP contribution >= 0.6 is 0 Å². The largest absolute Gasteiger partial charge is 0.494 e. The molecule has 0 aliphatic rings. The van der Waals surface area contributed by atoms with Crippen molar-refractivity contribution in [1.82, 2.24) is 0 Å². The molecule has 0 bridgehead atoms. The Bertz CT molecular complexity index is 332. The van der Waals surface area contributed by atoms with E-state index in [2.05, 4.69) is 20.8 Å². The minimum absolute atomic E-state index is 0.349. The number of benzene rings is 1. The summed E-state index contributed by atoms with van der Waals surface area (Å²) in [4.78, 5) is 0. The van der Waals surface area contributed by atoms with Crippen molar-refractivity contribution < 1.29 is 14.6 Å². The Balaban J connectivity index is 2.33. The Hall–Kier alpha value is -1.06. The second kappa shape index (κ2) is 8.94. The fourth-order valence-electron chi connectivity index (χ4n) is 1.62. The summed E-state index contributed by atoms with van der Waals surface area (Å²) in [6.07, 6.45) is 1.46. The molecule has 3 nitrogen and oxygen atoms in total. The van der Waals surface area contributed by atoms with Gasteiger partial charge in [-0.3, -0.25) is 0 Å². The van der Waals surface area contributed by atoms with Gasteiger partial charge in [0.1, 0.15) is 11.9 Å². The van der Waals surface area contributed by atoms with E-state index in [0.29, 0.717) is 19.1 Å².